The van der Waals surface area contributed by atoms with Gasteiger partial charge in [0.05, 0.1) is 6.61 Å². The molecule has 0 unspecified atom stereocenters. The Morgan fingerprint density at radius 3 is 1.31 bits per heavy atom. The molecular formula is C33H70O5Si4. The summed E-state index contributed by atoms with van der Waals surface area (Å²) in [7, 11) is -8.79. The van der Waals surface area contributed by atoms with Gasteiger partial charge in [0.25, 0.3) is 0 Å². The molecule has 1 aliphatic heterocycles. The summed E-state index contributed by atoms with van der Waals surface area (Å²) < 4.78 is 35.8. The average molecular weight is 659 g/mol. The summed E-state index contributed by atoms with van der Waals surface area (Å²) >= 11 is 0. The second-order valence-electron chi connectivity index (χ2n) is 18.5. The fourth-order valence-electron chi connectivity index (χ4n) is 3.67. The third-order valence-electron chi connectivity index (χ3n) is 11.0. The molecule has 0 aromatic heterocycles. The molecule has 0 aromatic rings. The van der Waals surface area contributed by atoms with Crippen molar-refractivity contribution >= 4 is 33.3 Å². The van der Waals surface area contributed by atoms with Gasteiger partial charge in [-0.05, 0) is 78.6 Å². The molecule has 0 bridgehead atoms. The molecule has 0 radical (unpaired) electrons. The second kappa shape index (κ2) is 13.0. The summed E-state index contributed by atoms with van der Waals surface area (Å²) in [4.78, 5) is 0. The minimum absolute atomic E-state index is 0.0177. The molecule has 0 amide bonds. The first-order valence-electron chi connectivity index (χ1n) is 16.0. The van der Waals surface area contributed by atoms with Crippen LogP contribution in [0.25, 0.3) is 0 Å². The van der Waals surface area contributed by atoms with E-state index in [1.807, 2.05) is 12.2 Å². The van der Waals surface area contributed by atoms with E-state index in [0.29, 0.717) is 6.61 Å². The SMILES string of the molecule is C=C/C=C1\O[C@H](CO[Si](C)(C)C(C)(C)C)[C@@H](O[Si](C)(C)C(C)(C)C)[C@H](O[Si](C)(C)C(C)(C)C)[C@H]1O[Si](C)(C)C(C)(C)C. The maximum absolute atomic E-state index is 7.43. The van der Waals surface area contributed by atoms with Crippen LogP contribution in [0.3, 0.4) is 0 Å². The van der Waals surface area contributed by atoms with E-state index in [1.165, 1.54) is 0 Å². The van der Waals surface area contributed by atoms with Gasteiger partial charge in [0.2, 0.25) is 0 Å². The zero-order valence-corrected chi connectivity index (χ0v) is 35.4. The fraction of sp³-hybridized carbons (Fsp3) is 0.879. The van der Waals surface area contributed by atoms with Crippen LogP contribution in [0.2, 0.25) is 72.5 Å². The third-order valence-corrected chi connectivity index (χ3v) is 28.9. The van der Waals surface area contributed by atoms with Gasteiger partial charge < -0.3 is 22.4 Å². The summed E-state index contributed by atoms with van der Waals surface area (Å²) in [6.45, 7) is 50.4. The van der Waals surface area contributed by atoms with E-state index < -0.39 is 39.4 Å². The highest BCUT2D eigenvalue weighted by Crippen LogP contribution is 2.47. The highest BCUT2D eigenvalue weighted by Gasteiger charge is 2.55. The number of allylic oxidation sites excluding steroid dienone is 2. The van der Waals surface area contributed by atoms with Crippen LogP contribution in [-0.4, -0.2) is 64.3 Å². The Bertz CT molecular complexity index is 943. The average Bonchev–Trinajstić information content (AvgIpc) is 2.73. The topological polar surface area (TPSA) is 46.2 Å². The van der Waals surface area contributed by atoms with Crippen molar-refractivity contribution in [3.8, 4) is 0 Å². The second-order valence-corrected chi connectivity index (χ2v) is 37.6. The van der Waals surface area contributed by atoms with Crippen molar-refractivity contribution in [2.75, 3.05) is 6.61 Å². The van der Waals surface area contributed by atoms with Gasteiger partial charge in [-0.25, -0.2) is 0 Å². The van der Waals surface area contributed by atoms with E-state index in [2.05, 4.69) is 142 Å². The van der Waals surface area contributed by atoms with Gasteiger partial charge in [0.1, 0.15) is 30.2 Å². The van der Waals surface area contributed by atoms with E-state index in [0.717, 1.165) is 5.76 Å². The molecule has 1 rings (SSSR count). The summed E-state index contributed by atoms with van der Waals surface area (Å²) in [5.41, 5.74) is 0. The van der Waals surface area contributed by atoms with Crippen LogP contribution in [0, 0.1) is 0 Å². The lowest BCUT2D eigenvalue weighted by molar-refractivity contribution is -0.149. The Morgan fingerprint density at radius 2 is 0.952 bits per heavy atom. The Labute approximate surface area is 266 Å². The fourth-order valence-corrected chi connectivity index (χ4v) is 8.53. The molecule has 0 aromatic carbocycles. The number of rotatable bonds is 10. The quantitative estimate of drug-likeness (QED) is 0.219. The molecule has 0 spiro atoms. The Kier molecular flexibility index (Phi) is 12.4. The van der Waals surface area contributed by atoms with Gasteiger partial charge in [-0.2, -0.15) is 0 Å². The van der Waals surface area contributed by atoms with E-state index in [4.69, 9.17) is 22.4 Å². The van der Waals surface area contributed by atoms with Crippen molar-refractivity contribution in [1.29, 1.82) is 0 Å². The minimum Gasteiger partial charge on any atom is -0.487 e. The number of hydrogen-bond acceptors (Lipinski definition) is 5. The van der Waals surface area contributed by atoms with Crippen molar-refractivity contribution < 1.29 is 22.4 Å². The third kappa shape index (κ3) is 9.50. The van der Waals surface area contributed by atoms with Crippen molar-refractivity contribution in [3.05, 3.63) is 24.5 Å². The molecule has 9 heteroatoms. The van der Waals surface area contributed by atoms with Crippen LogP contribution >= 0.6 is 0 Å². The first kappa shape index (κ1) is 40.0. The first-order valence-corrected chi connectivity index (χ1v) is 27.6. The van der Waals surface area contributed by atoms with Gasteiger partial charge in [-0.1, -0.05) is 95.7 Å². The summed E-state index contributed by atoms with van der Waals surface area (Å²) in [5.74, 6) is 0.775. The Balaban J connectivity index is 3.94. The molecule has 5 nitrogen and oxygen atoms in total. The molecular weight excluding hydrogens is 589 g/mol. The Hall–Kier alpha value is -0.0125. The van der Waals surface area contributed by atoms with Gasteiger partial charge in [-0.3, -0.25) is 0 Å². The predicted octanol–water partition coefficient (Wildman–Crippen LogP) is 10.6. The normalized spacial score (nSPS) is 25.0. The number of hydrogen-bond donors (Lipinski definition) is 0. The Morgan fingerprint density at radius 1 is 0.595 bits per heavy atom. The highest BCUT2D eigenvalue weighted by atomic mass is 28.4. The van der Waals surface area contributed by atoms with Crippen molar-refractivity contribution in [3.63, 3.8) is 0 Å². The first-order chi connectivity index (χ1) is 18.3. The van der Waals surface area contributed by atoms with Crippen LogP contribution in [-0.2, 0) is 22.4 Å². The molecule has 0 aliphatic carbocycles. The molecule has 42 heavy (non-hydrogen) atoms. The van der Waals surface area contributed by atoms with E-state index in [-0.39, 0.29) is 38.5 Å². The van der Waals surface area contributed by atoms with Crippen LogP contribution < -0.4 is 0 Å². The molecule has 0 N–H and O–H groups in total. The molecule has 0 saturated carbocycles. The van der Waals surface area contributed by atoms with Crippen molar-refractivity contribution in [2.45, 2.75) is 180 Å². The maximum Gasteiger partial charge on any atom is 0.193 e. The van der Waals surface area contributed by atoms with E-state index in [9.17, 15) is 0 Å². The van der Waals surface area contributed by atoms with Gasteiger partial charge in [0, 0.05) is 0 Å². The van der Waals surface area contributed by atoms with Gasteiger partial charge >= 0.3 is 0 Å². The highest BCUT2D eigenvalue weighted by molar-refractivity contribution is 6.75. The van der Waals surface area contributed by atoms with E-state index in [1.54, 1.807) is 0 Å². The van der Waals surface area contributed by atoms with Crippen LogP contribution in [0.1, 0.15) is 83.1 Å². The summed E-state index contributed by atoms with van der Waals surface area (Å²) in [5, 5.41) is 0.143. The largest absolute Gasteiger partial charge is 0.487 e. The molecule has 1 saturated heterocycles. The smallest absolute Gasteiger partial charge is 0.193 e. The summed E-state index contributed by atoms with van der Waals surface area (Å²) in [6, 6.07) is 0. The van der Waals surface area contributed by atoms with E-state index >= 15 is 0 Å². The molecule has 4 atom stereocenters. The molecule has 1 heterocycles. The molecule has 1 fully saturated rings. The zero-order valence-electron chi connectivity index (χ0n) is 31.4. The van der Waals surface area contributed by atoms with Gasteiger partial charge in [-0.15, -0.1) is 0 Å². The zero-order chi connectivity index (χ0) is 33.5. The van der Waals surface area contributed by atoms with Crippen molar-refractivity contribution in [2.24, 2.45) is 0 Å². The monoisotopic (exact) mass is 658 g/mol. The van der Waals surface area contributed by atoms with Gasteiger partial charge in [0.15, 0.2) is 33.3 Å². The molecule has 1 aliphatic rings. The summed E-state index contributed by atoms with van der Waals surface area (Å²) in [6.07, 6.45) is 2.40. The lowest BCUT2D eigenvalue weighted by Gasteiger charge is -2.53. The van der Waals surface area contributed by atoms with Crippen LogP contribution in [0.15, 0.2) is 24.5 Å². The lowest BCUT2D eigenvalue weighted by Crippen LogP contribution is -2.65. The lowest BCUT2D eigenvalue weighted by atomic mass is 9.98. The molecule has 248 valence electrons. The standard InChI is InChI=1S/C33H70O5Si4/c1-22-23-25-27(36-40(16,17)31(5,6)7)29(38-42(20,21)33(11,12)13)28(37-41(18,19)32(8,9)10)26(35-25)24-34-39(14,15)30(2,3)4/h22-23,26-29H,1,24H2,2-21H3/b25-23-/t26-,27+,28-,29-/m1/s1. The predicted molar refractivity (Wildman–Crippen MR) is 193 cm³/mol. The maximum atomic E-state index is 7.43. The number of ether oxygens (including phenoxy) is 1. The van der Waals surface area contributed by atoms with Crippen LogP contribution in [0.4, 0.5) is 0 Å². The van der Waals surface area contributed by atoms with Crippen LogP contribution in [0.5, 0.6) is 0 Å². The van der Waals surface area contributed by atoms with Crippen molar-refractivity contribution in [1.82, 2.24) is 0 Å². The minimum atomic E-state index is -2.26.